The highest BCUT2D eigenvalue weighted by Crippen LogP contribution is 2.39. The Morgan fingerprint density at radius 3 is 1.06 bits per heavy atom. The number of hydrogen-bond acceptors (Lipinski definition) is 0. The predicted molar refractivity (Wildman–Crippen MR) is 276 cm³/mol. The van der Waals surface area contributed by atoms with Crippen LogP contribution in [-0.4, -0.2) is 4.57 Å². The Morgan fingerprint density at radius 2 is 0.569 bits per heavy atom. The van der Waals surface area contributed by atoms with E-state index in [0.29, 0.717) is 0 Å². The van der Waals surface area contributed by atoms with Crippen LogP contribution < -0.4 is 0 Å². The third kappa shape index (κ3) is 7.20. The summed E-state index contributed by atoms with van der Waals surface area (Å²) in [6, 6.07) is 92.8. The van der Waals surface area contributed by atoms with Gasteiger partial charge in [0.2, 0.25) is 0 Å². The molecule has 0 N–H and O–H groups in total. The third-order valence-corrected chi connectivity index (χ3v) is 13.1. The zero-order chi connectivity index (χ0) is 43.1. The number of rotatable bonds is 8. The third-order valence-electron chi connectivity index (χ3n) is 13.1. The molecule has 12 aromatic rings. The lowest BCUT2D eigenvalue weighted by atomic mass is 9.94. The van der Waals surface area contributed by atoms with E-state index >= 15 is 0 Å². The number of fused-ring (bicyclic) bond motifs is 3. The van der Waals surface area contributed by atoms with Crippen molar-refractivity contribution in [2.45, 2.75) is 0 Å². The smallest absolute Gasteiger partial charge is 0.0535 e. The second kappa shape index (κ2) is 16.3. The van der Waals surface area contributed by atoms with Gasteiger partial charge in [0.1, 0.15) is 0 Å². The fourth-order valence-corrected chi connectivity index (χ4v) is 9.63. The number of hydrogen-bond donors (Lipinski definition) is 0. The molecule has 65 heavy (non-hydrogen) atoms. The Kier molecular flexibility index (Phi) is 9.58. The molecule has 1 heteroatoms. The minimum absolute atomic E-state index is 1.13. The van der Waals surface area contributed by atoms with E-state index in [-0.39, 0.29) is 0 Å². The van der Waals surface area contributed by atoms with Gasteiger partial charge in [-0.25, -0.2) is 0 Å². The van der Waals surface area contributed by atoms with E-state index in [9.17, 15) is 0 Å². The molecule has 0 aliphatic carbocycles. The highest BCUT2D eigenvalue weighted by molar-refractivity contribution is 6.01. The maximum absolute atomic E-state index is 2.37. The van der Waals surface area contributed by atoms with Crippen molar-refractivity contribution in [2.75, 3.05) is 0 Å². The molecular weight excluding hydrogens is 783 g/mol. The van der Waals surface area contributed by atoms with Crippen LogP contribution >= 0.6 is 0 Å². The minimum Gasteiger partial charge on any atom is -0.316 e. The average molecular weight is 826 g/mol. The lowest BCUT2D eigenvalue weighted by Crippen LogP contribution is -1.92. The topological polar surface area (TPSA) is 4.93 Å². The molecule has 1 aromatic heterocycles. The number of aromatic nitrogens is 1. The van der Waals surface area contributed by atoms with E-state index in [4.69, 9.17) is 0 Å². The summed E-state index contributed by atoms with van der Waals surface area (Å²) in [5.41, 5.74) is 19.3. The van der Waals surface area contributed by atoms with E-state index in [1.165, 1.54) is 110 Å². The maximum atomic E-state index is 2.37. The first kappa shape index (κ1) is 38.2. The standard InChI is InChI=1S/C64H43N/c1-2-10-44(11-3-1)49-36-39-57(40-37-49)65-43-63(55-34-28-48(29-35-55)47-26-32-54(33-27-47)61-19-9-15-52-13-5-7-17-59(52)61)62-42-56(38-41-64(62)65)50-22-20-45(21-23-50)46-24-30-53(31-25-46)60-18-8-14-51-12-4-6-16-58(51)60/h1-43H. The van der Waals surface area contributed by atoms with Crippen molar-refractivity contribution in [3.63, 3.8) is 0 Å². The number of benzene rings is 11. The minimum atomic E-state index is 1.13. The van der Waals surface area contributed by atoms with Gasteiger partial charge in [0.05, 0.1) is 5.52 Å². The molecule has 0 aliphatic heterocycles. The van der Waals surface area contributed by atoms with Crippen LogP contribution in [0.15, 0.2) is 261 Å². The summed E-state index contributed by atoms with van der Waals surface area (Å²) in [4.78, 5) is 0. The molecule has 0 radical (unpaired) electrons. The Balaban J connectivity index is 0.872. The van der Waals surface area contributed by atoms with Gasteiger partial charge in [-0.3, -0.25) is 0 Å². The van der Waals surface area contributed by atoms with E-state index in [1.807, 2.05) is 0 Å². The molecule has 0 unspecified atom stereocenters. The first-order valence-corrected chi connectivity index (χ1v) is 22.4. The van der Waals surface area contributed by atoms with E-state index < -0.39 is 0 Å². The van der Waals surface area contributed by atoms with Crippen molar-refractivity contribution in [2.24, 2.45) is 0 Å². The van der Waals surface area contributed by atoms with Gasteiger partial charge in [0.25, 0.3) is 0 Å². The zero-order valence-electron chi connectivity index (χ0n) is 35.8. The molecule has 0 saturated carbocycles. The van der Waals surface area contributed by atoms with Crippen molar-refractivity contribution in [1.82, 2.24) is 4.57 Å². The molecular formula is C64H43N. The molecule has 0 aliphatic rings. The summed E-state index contributed by atoms with van der Waals surface area (Å²) in [5, 5.41) is 6.29. The van der Waals surface area contributed by atoms with Crippen LogP contribution in [0.2, 0.25) is 0 Å². The lowest BCUT2D eigenvalue weighted by Gasteiger charge is -2.10. The van der Waals surface area contributed by atoms with Crippen LogP contribution in [-0.2, 0) is 0 Å². The molecule has 1 nitrogen and oxygen atoms in total. The molecule has 0 bridgehead atoms. The second-order valence-corrected chi connectivity index (χ2v) is 16.9. The zero-order valence-corrected chi connectivity index (χ0v) is 35.8. The highest BCUT2D eigenvalue weighted by atomic mass is 15.0. The van der Waals surface area contributed by atoms with Gasteiger partial charge >= 0.3 is 0 Å². The van der Waals surface area contributed by atoms with Crippen LogP contribution in [0.1, 0.15) is 0 Å². The fraction of sp³-hybridized carbons (Fsp3) is 0. The first-order valence-electron chi connectivity index (χ1n) is 22.4. The largest absolute Gasteiger partial charge is 0.316 e. The van der Waals surface area contributed by atoms with Crippen molar-refractivity contribution >= 4 is 32.4 Å². The van der Waals surface area contributed by atoms with Crippen molar-refractivity contribution in [1.29, 1.82) is 0 Å². The molecule has 0 saturated heterocycles. The molecule has 0 fully saturated rings. The van der Waals surface area contributed by atoms with Crippen LogP contribution in [0.4, 0.5) is 0 Å². The van der Waals surface area contributed by atoms with E-state index in [1.54, 1.807) is 0 Å². The average Bonchev–Trinajstić information content (AvgIpc) is 3.78. The van der Waals surface area contributed by atoms with E-state index in [2.05, 4.69) is 266 Å². The summed E-state index contributed by atoms with van der Waals surface area (Å²) in [5.74, 6) is 0. The number of nitrogens with zero attached hydrogens (tertiary/aromatic N) is 1. The normalized spacial score (nSPS) is 11.4. The van der Waals surface area contributed by atoms with Crippen LogP contribution in [0.25, 0.3) is 116 Å². The molecule has 1 heterocycles. The van der Waals surface area contributed by atoms with Gasteiger partial charge in [-0.2, -0.15) is 0 Å². The summed E-state index contributed by atoms with van der Waals surface area (Å²) in [7, 11) is 0. The first-order chi connectivity index (χ1) is 32.2. The summed E-state index contributed by atoms with van der Waals surface area (Å²) >= 11 is 0. The van der Waals surface area contributed by atoms with Crippen molar-refractivity contribution in [3.05, 3.63) is 261 Å². The molecule has 304 valence electrons. The summed E-state index contributed by atoms with van der Waals surface area (Å²) in [6.07, 6.45) is 2.31. The summed E-state index contributed by atoms with van der Waals surface area (Å²) < 4.78 is 2.34. The Hall–Kier alpha value is -8.52. The SMILES string of the molecule is c1ccc(-c2ccc(-n3cc(-c4ccc(-c5ccc(-c6cccc7ccccc67)cc5)cc4)c4cc(-c5ccc(-c6ccc(-c7cccc8ccccc78)cc6)cc5)ccc43)cc2)cc1. The summed E-state index contributed by atoms with van der Waals surface area (Å²) in [6.45, 7) is 0. The molecule has 0 spiro atoms. The predicted octanol–water partition coefficient (Wildman–Crippen LogP) is 17.6. The van der Waals surface area contributed by atoms with Gasteiger partial charge in [0.15, 0.2) is 0 Å². The molecule has 12 rings (SSSR count). The highest BCUT2D eigenvalue weighted by Gasteiger charge is 2.15. The van der Waals surface area contributed by atoms with Crippen LogP contribution in [0, 0.1) is 0 Å². The van der Waals surface area contributed by atoms with Gasteiger partial charge in [0, 0.05) is 22.8 Å². The van der Waals surface area contributed by atoms with E-state index in [0.717, 1.165) is 5.69 Å². The monoisotopic (exact) mass is 825 g/mol. The Morgan fingerprint density at radius 1 is 0.215 bits per heavy atom. The van der Waals surface area contributed by atoms with Crippen LogP contribution in [0.5, 0.6) is 0 Å². The second-order valence-electron chi connectivity index (χ2n) is 16.9. The van der Waals surface area contributed by atoms with Gasteiger partial charge in [-0.05, 0) is 118 Å². The fourth-order valence-electron chi connectivity index (χ4n) is 9.63. The molecule has 0 atom stereocenters. The van der Waals surface area contributed by atoms with Crippen LogP contribution in [0.3, 0.4) is 0 Å². The lowest BCUT2D eigenvalue weighted by molar-refractivity contribution is 1.13. The van der Waals surface area contributed by atoms with Crippen molar-refractivity contribution < 1.29 is 0 Å². The quantitative estimate of drug-likeness (QED) is 0.144. The Bertz CT molecular complexity index is 3620. The molecule has 0 amide bonds. The maximum Gasteiger partial charge on any atom is 0.0535 e. The van der Waals surface area contributed by atoms with Gasteiger partial charge < -0.3 is 4.57 Å². The van der Waals surface area contributed by atoms with Gasteiger partial charge in [-0.15, -0.1) is 0 Å². The Labute approximate surface area is 379 Å². The van der Waals surface area contributed by atoms with Crippen molar-refractivity contribution in [3.8, 4) is 83.6 Å². The van der Waals surface area contributed by atoms with Gasteiger partial charge in [-0.1, -0.05) is 231 Å². The molecule has 11 aromatic carbocycles.